The molecule has 0 saturated carbocycles. The molecule has 1 amide bonds. The Balaban J connectivity index is 1.59. The van der Waals surface area contributed by atoms with Gasteiger partial charge in [0, 0.05) is 36.6 Å². The van der Waals surface area contributed by atoms with Crippen LogP contribution in [0.25, 0.3) is 10.9 Å². The average molecular weight is 356 g/mol. The zero-order chi connectivity index (χ0) is 18.7. The minimum atomic E-state index is -0.494. The molecule has 1 aromatic heterocycles. The number of amides is 1. The summed E-state index contributed by atoms with van der Waals surface area (Å²) in [4.78, 5) is 26.7. The van der Waals surface area contributed by atoms with Crippen molar-refractivity contribution >= 4 is 22.6 Å². The zero-order valence-corrected chi connectivity index (χ0v) is 16.1. The van der Waals surface area contributed by atoms with Crippen LogP contribution in [0.15, 0.2) is 24.3 Å². The van der Waals surface area contributed by atoms with Gasteiger partial charge in [0.05, 0.1) is 24.7 Å². The number of aromatic nitrogens is 1. The number of hydrogen-bond acceptors (Lipinski definition) is 2. The third kappa shape index (κ3) is 3.68. The van der Waals surface area contributed by atoms with Crippen molar-refractivity contribution < 1.29 is 14.5 Å². The summed E-state index contributed by atoms with van der Waals surface area (Å²) in [6.07, 6.45) is 4.83. The van der Waals surface area contributed by atoms with Crippen LogP contribution < -0.4 is 10.2 Å². The van der Waals surface area contributed by atoms with E-state index in [0.29, 0.717) is 18.2 Å². The molecule has 1 saturated heterocycles. The predicted molar refractivity (Wildman–Crippen MR) is 104 cm³/mol. The summed E-state index contributed by atoms with van der Waals surface area (Å²) in [7, 11) is 1.93. The number of Topliss-reactive ketones (excluding diaryl/α,β-unsaturated/α-hetero) is 1. The summed E-state index contributed by atoms with van der Waals surface area (Å²) < 4.78 is 1.97. The topological polar surface area (TPSA) is 55.5 Å². The van der Waals surface area contributed by atoms with Crippen LogP contribution >= 0.6 is 0 Å². The van der Waals surface area contributed by atoms with Crippen molar-refractivity contribution in [3.05, 3.63) is 35.5 Å². The lowest BCUT2D eigenvalue weighted by Gasteiger charge is -2.30. The van der Waals surface area contributed by atoms with E-state index in [1.807, 2.05) is 42.8 Å². The van der Waals surface area contributed by atoms with Gasteiger partial charge in [-0.05, 0) is 39.2 Å². The number of ketones is 1. The lowest BCUT2D eigenvalue weighted by molar-refractivity contribution is -0.928. The van der Waals surface area contributed by atoms with Crippen LogP contribution in [0.5, 0.6) is 0 Å². The second-order valence-corrected chi connectivity index (χ2v) is 7.53. The predicted octanol–water partition coefficient (Wildman–Crippen LogP) is 1.63. The Hall–Kier alpha value is -2.14. The van der Waals surface area contributed by atoms with E-state index < -0.39 is 11.7 Å². The molecule has 5 heteroatoms. The molecule has 5 nitrogen and oxygen atoms in total. The van der Waals surface area contributed by atoms with Crippen molar-refractivity contribution in [2.75, 3.05) is 19.6 Å². The molecule has 1 unspecified atom stereocenters. The lowest BCUT2D eigenvalue weighted by atomic mass is 10.0. The van der Waals surface area contributed by atoms with Crippen LogP contribution in [0.4, 0.5) is 0 Å². The SMILES string of the molecule is Cc1c(C(=O)C(=O)NCCC[NH+]2CCCC[C@H]2C)c2ccccc2n1C. The van der Waals surface area contributed by atoms with Crippen LogP contribution in [0, 0.1) is 6.92 Å². The molecule has 1 aromatic carbocycles. The number of carbonyl (C=O) groups excluding carboxylic acids is 2. The highest BCUT2D eigenvalue weighted by Gasteiger charge is 2.24. The van der Waals surface area contributed by atoms with Crippen molar-refractivity contribution in [3.8, 4) is 0 Å². The number of fused-ring (bicyclic) bond motifs is 1. The number of likely N-dealkylation sites (tertiary alicyclic amines) is 1. The maximum Gasteiger partial charge on any atom is 0.292 e. The number of nitrogens with one attached hydrogen (secondary N) is 2. The van der Waals surface area contributed by atoms with E-state index in [-0.39, 0.29) is 0 Å². The number of para-hydroxylation sites is 1. The summed E-state index contributed by atoms with van der Waals surface area (Å²) in [5.74, 6) is -0.927. The second kappa shape index (κ2) is 8.04. The molecule has 1 aliphatic rings. The first kappa shape index (κ1) is 18.6. The first-order valence-electron chi connectivity index (χ1n) is 9.71. The van der Waals surface area contributed by atoms with Crippen molar-refractivity contribution in [1.82, 2.24) is 9.88 Å². The van der Waals surface area contributed by atoms with Gasteiger partial charge in [-0.25, -0.2) is 0 Å². The summed E-state index contributed by atoms with van der Waals surface area (Å²) >= 11 is 0. The van der Waals surface area contributed by atoms with Crippen LogP contribution in [-0.4, -0.2) is 41.9 Å². The Bertz CT molecular complexity index is 809. The smallest absolute Gasteiger partial charge is 0.292 e. The molecular formula is C21H30N3O2+. The van der Waals surface area contributed by atoms with Gasteiger partial charge in [-0.2, -0.15) is 0 Å². The molecule has 3 rings (SSSR count). The Morgan fingerprint density at radius 2 is 2.04 bits per heavy atom. The summed E-state index contributed by atoms with van der Waals surface area (Å²) in [5.41, 5.74) is 2.33. The Morgan fingerprint density at radius 1 is 1.27 bits per heavy atom. The highest BCUT2D eigenvalue weighted by atomic mass is 16.2. The summed E-state index contributed by atoms with van der Waals surface area (Å²) in [5, 5.41) is 3.67. The van der Waals surface area contributed by atoms with Crippen LogP contribution in [0.3, 0.4) is 0 Å². The van der Waals surface area contributed by atoms with E-state index in [4.69, 9.17) is 0 Å². The van der Waals surface area contributed by atoms with Gasteiger partial charge >= 0.3 is 0 Å². The van der Waals surface area contributed by atoms with Crippen molar-refractivity contribution in [2.45, 2.75) is 45.6 Å². The molecule has 2 N–H and O–H groups in total. The molecule has 0 bridgehead atoms. The van der Waals surface area contributed by atoms with Gasteiger partial charge in [0.2, 0.25) is 0 Å². The Morgan fingerprint density at radius 3 is 2.81 bits per heavy atom. The first-order valence-corrected chi connectivity index (χ1v) is 9.71. The van der Waals surface area contributed by atoms with Gasteiger partial charge in [-0.1, -0.05) is 18.2 Å². The first-order chi connectivity index (χ1) is 12.5. The number of hydrogen-bond donors (Lipinski definition) is 2. The number of benzene rings is 1. The molecule has 26 heavy (non-hydrogen) atoms. The monoisotopic (exact) mass is 356 g/mol. The fourth-order valence-electron chi connectivity index (χ4n) is 4.14. The fourth-order valence-corrected chi connectivity index (χ4v) is 4.14. The molecule has 0 radical (unpaired) electrons. The molecule has 2 aromatic rings. The molecule has 0 aliphatic carbocycles. The third-order valence-corrected chi connectivity index (χ3v) is 5.88. The number of quaternary nitrogens is 1. The number of carbonyl (C=O) groups is 2. The number of rotatable bonds is 6. The summed E-state index contributed by atoms with van der Waals surface area (Å²) in [6, 6.07) is 8.43. The maximum absolute atomic E-state index is 12.7. The molecular weight excluding hydrogens is 326 g/mol. The molecule has 2 atom stereocenters. The molecule has 0 spiro atoms. The Kier molecular flexibility index (Phi) is 5.77. The number of aryl methyl sites for hydroxylation is 1. The highest BCUT2D eigenvalue weighted by molar-refractivity contribution is 6.45. The van der Waals surface area contributed by atoms with E-state index in [0.717, 1.165) is 29.6 Å². The normalized spacial score (nSPS) is 20.3. The molecule has 2 heterocycles. The van der Waals surface area contributed by atoms with E-state index in [9.17, 15) is 9.59 Å². The van der Waals surface area contributed by atoms with Crippen molar-refractivity contribution in [3.63, 3.8) is 0 Å². The fraction of sp³-hybridized carbons (Fsp3) is 0.524. The van der Waals surface area contributed by atoms with Gasteiger partial charge in [-0.15, -0.1) is 0 Å². The van der Waals surface area contributed by atoms with Gasteiger partial charge in [0.1, 0.15) is 0 Å². The van der Waals surface area contributed by atoms with Gasteiger partial charge in [-0.3, -0.25) is 9.59 Å². The standard InChI is InChI=1S/C21H29N3O2/c1-15-9-6-7-13-24(15)14-8-12-22-21(26)20(25)19-16(2)23(3)18-11-5-4-10-17(18)19/h4-5,10-11,15H,6-9,12-14H2,1-3H3,(H,22,26)/p+1/t15-/m1/s1. The van der Waals surface area contributed by atoms with Crippen LogP contribution in [-0.2, 0) is 11.8 Å². The minimum absolute atomic E-state index is 0.432. The summed E-state index contributed by atoms with van der Waals surface area (Å²) in [6.45, 7) is 7.04. The molecule has 140 valence electrons. The maximum atomic E-state index is 12.7. The number of piperidine rings is 1. The minimum Gasteiger partial charge on any atom is -0.349 e. The molecule has 1 aliphatic heterocycles. The van der Waals surface area contributed by atoms with Gasteiger partial charge in [0.25, 0.3) is 11.7 Å². The molecule has 1 fully saturated rings. The number of nitrogens with zero attached hydrogens (tertiary/aromatic N) is 1. The van der Waals surface area contributed by atoms with Crippen LogP contribution in [0.2, 0.25) is 0 Å². The second-order valence-electron chi connectivity index (χ2n) is 7.53. The van der Waals surface area contributed by atoms with E-state index in [1.54, 1.807) is 4.90 Å². The Labute approximate surface area is 155 Å². The highest BCUT2D eigenvalue weighted by Crippen LogP contribution is 2.25. The third-order valence-electron chi connectivity index (χ3n) is 5.88. The average Bonchev–Trinajstić information content (AvgIpc) is 2.90. The van der Waals surface area contributed by atoms with E-state index >= 15 is 0 Å². The van der Waals surface area contributed by atoms with Crippen molar-refractivity contribution in [2.24, 2.45) is 7.05 Å². The lowest BCUT2D eigenvalue weighted by Crippen LogP contribution is -3.16. The van der Waals surface area contributed by atoms with E-state index in [1.165, 1.54) is 25.8 Å². The largest absolute Gasteiger partial charge is 0.349 e. The van der Waals surface area contributed by atoms with E-state index in [2.05, 4.69) is 12.2 Å². The quantitative estimate of drug-likeness (QED) is 0.470. The zero-order valence-electron chi connectivity index (χ0n) is 16.1. The van der Waals surface area contributed by atoms with Crippen LogP contribution in [0.1, 0.15) is 48.7 Å². The van der Waals surface area contributed by atoms with Crippen molar-refractivity contribution in [1.29, 1.82) is 0 Å². The van der Waals surface area contributed by atoms with Gasteiger partial charge in [0.15, 0.2) is 0 Å². The van der Waals surface area contributed by atoms with Gasteiger partial charge < -0.3 is 14.8 Å².